The van der Waals surface area contributed by atoms with Crippen LogP contribution < -0.4 is 0 Å². The van der Waals surface area contributed by atoms with E-state index in [0.717, 1.165) is 16.3 Å². The van der Waals surface area contributed by atoms with Crippen LogP contribution in [0.3, 0.4) is 0 Å². The van der Waals surface area contributed by atoms with Crippen molar-refractivity contribution in [2.45, 2.75) is 0 Å². The van der Waals surface area contributed by atoms with E-state index in [2.05, 4.69) is 0 Å². The van der Waals surface area contributed by atoms with Crippen molar-refractivity contribution < 1.29 is 9.90 Å². The zero-order valence-corrected chi connectivity index (χ0v) is 12.8. The minimum atomic E-state index is -0.154. The summed E-state index contributed by atoms with van der Waals surface area (Å²) in [4.78, 5) is 13.0. The number of para-hydroxylation sites is 1. The summed E-state index contributed by atoms with van der Waals surface area (Å²) in [6, 6.07) is 19.6. The fourth-order valence-corrected chi connectivity index (χ4v) is 3.03. The number of nitrogens with zero attached hydrogens (tertiary/aromatic N) is 1. The Labute approximate surface area is 137 Å². The monoisotopic (exact) mass is 321 g/mol. The maximum atomic E-state index is 13.0. The lowest BCUT2D eigenvalue weighted by Crippen LogP contribution is -2.11. The van der Waals surface area contributed by atoms with Crippen LogP contribution >= 0.6 is 11.6 Å². The van der Waals surface area contributed by atoms with E-state index >= 15 is 0 Å². The maximum absolute atomic E-state index is 13.0. The molecule has 0 aliphatic rings. The molecule has 4 rings (SSSR count). The Morgan fingerprint density at radius 1 is 0.870 bits per heavy atom. The van der Waals surface area contributed by atoms with Gasteiger partial charge in [-0.3, -0.25) is 9.36 Å². The Balaban J connectivity index is 2.05. The van der Waals surface area contributed by atoms with Crippen molar-refractivity contribution in [3.8, 4) is 5.75 Å². The highest BCUT2D eigenvalue weighted by atomic mass is 35.5. The van der Waals surface area contributed by atoms with Gasteiger partial charge in [-0.1, -0.05) is 29.8 Å². The van der Waals surface area contributed by atoms with E-state index in [1.165, 1.54) is 0 Å². The van der Waals surface area contributed by atoms with Gasteiger partial charge in [0.1, 0.15) is 5.75 Å². The van der Waals surface area contributed by atoms with Crippen LogP contribution in [0.5, 0.6) is 5.75 Å². The van der Waals surface area contributed by atoms with E-state index in [9.17, 15) is 9.90 Å². The molecule has 1 N–H and O–H groups in total. The van der Waals surface area contributed by atoms with Gasteiger partial charge in [0.25, 0.3) is 5.91 Å². The fraction of sp³-hybridized carbons (Fsp3) is 0. The second kappa shape index (κ2) is 5.14. The third kappa shape index (κ3) is 2.17. The average molecular weight is 322 g/mol. The van der Waals surface area contributed by atoms with Crippen LogP contribution in [0.25, 0.3) is 21.8 Å². The highest BCUT2D eigenvalue weighted by Crippen LogP contribution is 2.31. The molecule has 0 radical (unpaired) electrons. The summed E-state index contributed by atoms with van der Waals surface area (Å²) in [7, 11) is 0. The lowest BCUT2D eigenvalue weighted by atomic mass is 10.1. The Bertz CT molecular complexity index is 1050. The van der Waals surface area contributed by atoms with Crippen molar-refractivity contribution in [3.63, 3.8) is 0 Å². The van der Waals surface area contributed by atoms with Crippen LogP contribution in [-0.4, -0.2) is 15.6 Å². The summed E-state index contributed by atoms with van der Waals surface area (Å²) in [5.41, 5.74) is 2.04. The molecule has 0 fully saturated rings. The largest absolute Gasteiger partial charge is 0.508 e. The first kappa shape index (κ1) is 13.9. The molecule has 0 aliphatic heterocycles. The van der Waals surface area contributed by atoms with Gasteiger partial charge >= 0.3 is 0 Å². The number of phenols is 1. The van der Waals surface area contributed by atoms with Gasteiger partial charge < -0.3 is 5.11 Å². The van der Waals surface area contributed by atoms with Gasteiger partial charge in [0.2, 0.25) is 0 Å². The first-order valence-corrected chi connectivity index (χ1v) is 7.55. The molecule has 0 atom stereocenters. The summed E-state index contributed by atoms with van der Waals surface area (Å²) in [5, 5.41) is 12.3. The van der Waals surface area contributed by atoms with Crippen molar-refractivity contribution in [1.82, 2.24) is 4.57 Å². The number of rotatable bonds is 1. The van der Waals surface area contributed by atoms with Crippen LogP contribution in [0.15, 0.2) is 66.7 Å². The molecule has 1 heterocycles. The van der Waals surface area contributed by atoms with E-state index < -0.39 is 0 Å². The van der Waals surface area contributed by atoms with Crippen LogP contribution in [0.1, 0.15) is 10.4 Å². The van der Waals surface area contributed by atoms with Crippen molar-refractivity contribution in [2.75, 3.05) is 0 Å². The van der Waals surface area contributed by atoms with Gasteiger partial charge in [0.05, 0.1) is 11.0 Å². The number of hydrogen-bond donors (Lipinski definition) is 1. The molecule has 23 heavy (non-hydrogen) atoms. The third-order valence-corrected chi connectivity index (χ3v) is 4.20. The van der Waals surface area contributed by atoms with Crippen LogP contribution in [0.2, 0.25) is 5.02 Å². The topological polar surface area (TPSA) is 42.2 Å². The van der Waals surface area contributed by atoms with Crippen LogP contribution in [0.4, 0.5) is 0 Å². The van der Waals surface area contributed by atoms with Gasteiger partial charge in [-0.05, 0) is 42.5 Å². The zero-order chi connectivity index (χ0) is 16.0. The molecule has 0 amide bonds. The summed E-state index contributed by atoms with van der Waals surface area (Å²) in [5.74, 6) is -0.0241. The lowest BCUT2D eigenvalue weighted by molar-refractivity contribution is 0.0969. The minimum Gasteiger partial charge on any atom is -0.508 e. The Morgan fingerprint density at radius 2 is 1.57 bits per heavy atom. The van der Waals surface area contributed by atoms with Crippen molar-refractivity contribution in [3.05, 3.63) is 77.3 Å². The van der Waals surface area contributed by atoms with Gasteiger partial charge in [0, 0.05) is 27.4 Å². The lowest BCUT2D eigenvalue weighted by Gasteiger charge is -2.06. The number of aromatic nitrogens is 1. The average Bonchev–Trinajstić information content (AvgIpc) is 2.88. The number of phenolic OH excluding ortho intramolecular Hbond substituents is 1. The molecule has 0 spiro atoms. The highest BCUT2D eigenvalue weighted by molar-refractivity contribution is 6.30. The molecule has 4 heteroatoms. The maximum Gasteiger partial charge on any atom is 0.262 e. The molecule has 0 aliphatic carbocycles. The summed E-state index contributed by atoms with van der Waals surface area (Å²) < 4.78 is 1.63. The minimum absolute atomic E-state index is 0.130. The molecule has 112 valence electrons. The van der Waals surface area contributed by atoms with E-state index in [0.29, 0.717) is 16.1 Å². The Hall–Kier alpha value is -2.78. The standard InChI is InChI=1S/C19H12ClNO2/c20-13-7-5-12(6-8-13)19(23)21-17-4-2-1-3-15(17)16-10-9-14(22)11-18(16)21/h1-11,22H. The third-order valence-electron chi connectivity index (χ3n) is 3.95. The molecule has 3 aromatic carbocycles. The predicted molar refractivity (Wildman–Crippen MR) is 92.3 cm³/mol. The smallest absolute Gasteiger partial charge is 0.262 e. The number of halogens is 1. The fourth-order valence-electron chi connectivity index (χ4n) is 2.90. The normalized spacial score (nSPS) is 11.2. The van der Waals surface area contributed by atoms with Crippen LogP contribution in [-0.2, 0) is 0 Å². The number of aromatic hydroxyl groups is 1. The summed E-state index contributed by atoms with van der Waals surface area (Å²) >= 11 is 5.90. The second-order valence-electron chi connectivity index (χ2n) is 5.37. The van der Waals surface area contributed by atoms with Crippen molar-refractivity contribution >= 4 is 39.3 Å². The SMILES string of the molecule is O=C(c1ccc(Cl)cc1)n1c2ccccc2c2ccc(O)cc21. The van der Waals surface area contributed by atoms with Gasteiger partial charge in [-0.2, -0.15) is 0 Å². The number of benzene rings is 3. The number of carbonyl (C=O) groups is 1. The molecule has 4 aromatic rings. The molecule has 1 aromatic heterocycles. The van der Waals surface area contributed by atoms with E-state index in [1.807, 2.05) is 30.3 Å². The molecule has 0 unspecified atom stereocenters. The second-order valence-corrected chi connectivity index (χ2v) is 5.80. The first-order valence-electron chi connectivity index (χ1n) is 7.17. The van der Waals surface area contributed by atoms with E-state index in [-0.39, 0.29) is 11.7 Å². The number of hydrogen-bond acceptors (Lipinski definition) is 2. The number of carbonyl (C=O) groups excluding carboxylic acids is 1. The molecular weight excluding hydrogens is 310 g/mol. The summed E-state index contributed by atoms with van der Waals surface area (Å²) in [6.07, 6.45) is 0. The molecule has 0 saturated heterocycles. The highest BCUT2D eigenvalue weighted by Gasteiger charge is 2.17. The molecule has 3 nitrogen and oxygen atoms in total. The van der Waals surface area contributed by atoms with E-state index in [1.54, 1.807) is 41.0 Å². The summed E-state index contributed by atoms with van der Waals surface area (Å²) in [6.45, 7) is 0. The molecular formula is C19H12ClNO2. The van der Waals surface area contributed by atoms with Crippen molar-refractivity contribution in [1.29, 1.82) is 0 Å². The van der Waals surface area contributed by atoms with E-state index in [4.69, 9.17) is 11.6 Å². The van der Waals surface area contributed by atoms with Crippen LogP contribution in [0, 0.1) is 0 Å². The predicted octanol–water partition coefficient (Wildman–Crippen LogP) is 4.84. The zero-order valence-electron chi connectivity index (χ0n) is 12.0. The Kier molecular flexibility index (Phi) is 3.10. The van der Waals surface area contributed by atoms with Gasteiger partial charge in [-0.15, -0.1) is 0 Å². The first-order chi connectivity index (χ1) is 11.1. The number of fused-ring (bicyclic) bond motifs is 3. The van der Waals surface area contributed by atoms with Gasteiger partial charge in [0.15, 0.2) is 0 Å². The van der Waals surface area contributed by atoms with Gasteiger partial charge in [-0.25, -0.2) is 0 Å². The van der Waals surface area contributed by atoms with Crippen molar-refractivity contribution in [2.24, 2.45) is 0 Å². The molecule has 0 bridgehead atoms. The molecule has 0 saturated carbocycles. The Morgan fingerprint density at radius 3 is 2.35 bits per heavy atom. The quantitative estimate of drug-likeness (QED) is 0.545.